The minimum absolute atomic E-state index is 0.00630. The van der Waals surface area contributed by atoms with Crippen molar-refractivity contribution in [2.45, 2.75) is 12.8 Å². The molecule has 0 N–H and O–H groups in total. The lowest BCUT2D eigenvalue weighted by Gasteiger charge is -2.03. The zero-order valence-corrected chi connectivity index (χ0v) is 12.2. The average Bonchev–Trinajstić information content (AvgIpc) is 2.92. The molecule has 0 unspecified atom stereocenters. The molecule has 0 saturated heterocycles. The Morgan fingerprint density at radius 3 is 2.73 bits per heavy atom. The van der Waals surface area contributed by atoms with Gasteiger partial charge in [0.1, 0.15) is 5.75 Å². The Balaban J connectivity index is 1.60. The van der Waals surface area contributed by atoms with Crippen LogP contribution in [0.15, 0.2) is 42.5 Å². The smallest absolute Gasteiger partial charge is 0.311 e. The van der Waals surface area contributed by atoms with Crippen molar-refractivity contribution in [2.75, 3.05) is 0 Å². The quantitative estimate of drug-likeness (QED) is 0.536. The zero-order chi connectivity index (χ0) is 15.5. The largest absolute Gasteiger partial charge is 0.426 e. The van der Waals surface area contributed by atoms with E-state index in [4.69, 9.17) is 4.74 Å². The summed E-state index contributed by atoms with van der Waals surface area (Å²) in [7, 11) is 0. The molecule has 0 atom stereocenters. The van der Waals surface area contributed by atoms with Crippen LogP contribution >= 0.6 is 11.3 Å². The normalized spacial score (nSPS) is 10.8. The minimum atomic E-state index is -1.04. The fourth-order valence-corrected chi connectivity index (χ4v) is 2.93. The van der Waals surface area contributed by atoms with Gasteiger partial charge in [-0.15, -0.1) is 11.3 Å². The third-order valence-corrected chi connectivity index (χ3v) is 4.10. The molecule has 0 bridgehead atoms. The number of halogens is 2. The number of thiazole rings is 1. The summed E-state index contributed by atoms with van der Waals surface area (Å²) in [6.45, 7) is 0. The number of aromatic nitrogens is 1. The predicted octanol–water partition coefficient (Wildman–Crippen LogP) is 4.11. The number of nitrogens with zero attached hydrogens (tertiary/aromatic N) is 1. The summed E-state index contributed by atoms with van der Waals surface area (Å²) in [5.74, 6) is -2.54. The molecule has 3 rings (SSSR count). The first-order chi connectivity index (χ1) is 10.6. The molecule has 1 heterocycles. The first-order valence-corrected chi connectivity index (χ1v) is 7.43. The molecular formula is C16H11F2NO2S. The predicted molar refractivity (Wildman–Crippen MR) is 79.9 cm³/mol. The Morgan fingerprint density at radius 1 is 1.14 bits per heavy atom. The van der Waals surface area contributed by atoms with Crippen molar-refractivity contribution in [2.24, 2.45) is 0 Å². The Hall–Kier alpha value is -2.34. The van der Waals surface area contributed by atoms with Gasteiger partial charge in [-0.1, -0.05) is 12.1 Å². The molecule has 0 amide bonds. The number of hydrogen-bond donors (Lipinski definition) is 0. The lowest BCUT2D eigenvalue weighted by molar-refractivity contribution is -0.134. The number of hydrogen-bond acceptors (Lipinski definition) is 4. The van der Waals surface area contributed by atoms with Crippen LogP contribution in [0, 0.1) is 11.6 Å². The molecule has 6 heteroatoms. The molecule has 1 aromatic heterocycles. The van der Waals surface area contributed by atoms with Crippen molar-refractivity contribution in [1.29, 1.82) is 0 Å². The highest BCUT2D eigenvalue weighted by Crippen LogP contribution is 2.23. The molecule has 3 nitrogen and oxygen atoms in total. The standard InChI is InChI=1S/C16H11F2NO2S/c17-11-6-5-10(9-12(11)18)21-16(20)8-7-15-19-13-3-1-2-4-14(13)22-15/h1-6,9H,7-8H2. The fourth-order valence-electron chi connectivity index (χ4n) is 1.96. The number of benzene rings is 2. The van der Waals surface area contributed by atoms with E-state index in [2.05, 4.69) is 4.98 Å². The van der Waals surface area contributed by atoms with Crippen molar-refractivity contribution in [1.82, 2.24) is 4.98 Å². The van der Waals surface area contributed by atoms with Crippen molar-refractivity contribution in [3.8, 4) is 5.75 Å². The molecule has 0 aliphatic heterocycles. The Morgan fingerprint density at radius 2 is 1.95 bits per heavy atom. The van der Waals surface area contributed by atoms with Crippen LogP contribution in [0.2, 0.25) is 0 Å². The number of carbonyl (C=O) groups excluding carboxylic acids is 1. The average molecular weight is 319 g/mol. The summed E-state index contributed by atoms with van der Waals surface area (Å²) in [6, 6.07) is 10.7. The summed E-state index contributed by atoms with van der Waals surface area (Å²) < 4.78 is 31.8. The highest BCUT2D eigenvalue weighted by Gasteiger charge is 2.10. The summed E-state index contributed by atoms with van der Waals surface area (Å²) >= 11 is 1.52. The molecule has 0 fully saturated rings. The third-order valence-electron chi connectivity index (χ3n) is 3.00. The molecule has 3 aromatic rings. The minimum Gasteiger partial charge on any atom is -0.426 e. The van der Waals surface area contributed by atoms with Crippen LogP contribution in [-0.2, 0) is 11.2 Å². The lowest BCUT2D eigenvalue weighted by Crippen LogP contribution is -2.09. The lowest BCUT2D eigenvalue weighted by atomic mass is 10.3. The summed E-state index contributed by atoms with van der Waals surface area (Å²) in [5, 5.41) is 0.837. The highest BCUT2D eigenvalue weighted by atomic mass is 32.1. The van der Waals surface area contributed by atoms with Gasteiger partial charge in [0.2, 0.25) is 0 Å². The maximum Gasteiger partial charge on any atom is 0.311 e. The van der Waals surface area contributed by atoms with E-state index in [1.807, 2.05) is 24.3 Å². The molecule has 0 spiro atoms. The Bertz CT molecular complexity index is 799. The van der Waals surface area contributed by atoms with Crippen molar-refractivity contribution in [3.63, 3.8) is 0 Å². The van der Waals surface area contributed by atoms with Gasteiger partial charge in [-0.05, 0) is 24.3 Å². The second-order valence-electron chi connectivity index (χ2n) is 4.63. The number of para-hydroxylation sites is 1. The van der Waals surface area contributed by atoms with Gasteiger partial charge in [0.15, 0.2) is 11.6 Å². The second kappa shape index (κ2) is 6.19. The van der Waals surface area contributed by atoms with E-state index in [1.54, 1.807) is 0 Å². The molecule has 0 saturated carbocycles. The SMILES string of the molecule is O=C(CCc1nc2ccccc2s1)Oc1ccc(F)c(F)c1. The number of aryl methyl sites for hydroxylation is 1. The molecular weight excluding hydrogens is 308 g/mol. The maximum atomic E-state index is 13.0. The zero-order valence-electron chi connectivity index (χ0n) is 11.4. The van der Waals surface area contributed by atoms with Gasteiger partial charge in [0.25, 0.3) is 0 Å². The van der Waals surface area contributed by atoms with E-state index in [1.165, 1.54) is 17.4 Å². The van der Waals surface area contributed by atoms with Crippen LogP contribution in [0.1, 0.15) is 11.4 Å². The first-order valence-electron chi connectivity index (χ1n) is 6.62. The highest BCUT2D eigenvalue weighted by molar-refractivity contribution is 7.18. The van der Waals surface area contributed by atoms with E-state index >= 15 is 0 Å². The van der Waals surface area contributed by atoms with Gasteiger partial charge in [0, 0.05) is 12.5 Å². The Labute approximate surface area is 129 Å². The molecule has 22 heavy (non-hydrogen) atoms. The first kappa shape index (κ1) is 14.6. The summed E-state index contributed by atoms with van der Waals surface area (Å²) in [5.41, 5.74) is 0.900. The molecule has 112 valence electrons. The van der Waals surface area contributed by atoms with Crippen LogP contribution in [0.25, 0.3) is 10.2 Å². The van der Waals surface area contributed by atoms with E-state index in [9.17, 15) is 13.6 Å². The summed E-state index contributed by atoms with van der Waals surface area (Å²) in [6.07, 6.45) is 0.570. The molecule has 0 aliphatic rings. The van der Waals surface area contributed by atoms with E-state index < -0.39 is 17.6 Å². The van der Waals surface area contributed by atoms with Crippen LogP contribution < -0.4 is 4.74 Å². The van der Waals surface area contributed by atoms with Crippen molar-refractivity contribution in [3.05, 3.63) is 59.1 Å². The van der Waals surface area contributed by atoms with Gasteiger partial charge < -0.3 is 4.74 Å². The number of ether oxygens (including phenoxy) is 1. The third kappa shape index (κ3) is 3.28. The Kier molecular flexibility index (Phi) is 4.11. The number of fused-ring (bicyclic) bond motifs is 1. The fraction of sp³-hybridized carbons (Fsp3) is 0.125. The van der Waals surface area contributed by atoms with Crippen LogP contribution in [0.3, 0.4) is 0 Å². The topological polar surface area (TPSA) is 39.2 Å². The van der Waals surface area contributed by atoms with Gasteiger partial charge in [-0.3, -0.25) is 4.79 Å². The number of esters is 1. The van der Waals surface area contributed by atoms with Crippen molar-refractivity contribution >= 4 is 27.5 Å². The monoisotopic (exact) mass is 319 g/mol. The maximum absolute atomic E-state index is 13.0. The van der Waals surface area contributed by atoms with Gasteiger partial charge >= 0.3 is 5.97 Å². The van der Waals surface area contributed by atoms with Gasteiger partial charge in [-0.25, -0.2) is 13.8 Å². The summed E-state index contributed by atoms with van der Waals surface area (Å²) in [4.78, 5) is 16.2. The number of rotatable bonds is 4. The van der Waals surface area contributed by atoms with Crippen LogP contribution in [-0.4, -0.2) is 11.0 Å². The van der Waals surface area contributed by atoms with E-state index in [-0.39, 0.29) is 12.2 Å². The molecule has 0 radical (unpaired) electrons. The van der Waals surface area contributed by atoms with Crippen LogP contribution in [0.4, 0.5) is 8.78 Å². The second-order valence-corrected chi connectivity index (χ2v) is 5.74. The van der Waals surface area contributed by atoms with E-state index in [0.29, 0.717) is 6.42 Å². The van der Waals surface area contributed by atoms with Gasteiger partial charge in [0.05, 0.1) is 21.6 Å². The molecule has 2 aromatic carbocycles. The van der Waals surface area contributed by atoms with Gasteiger partial charge in [-0.2, -0.15) is 0 Å². The van der Waals surface area contributed by atoms with E-state index in [0.717, 1.165) is 27.4 Å². The molecule has 0 aliphatic carbocycles. The van der Waals surface area contributed by atoms with Crippen molar-refractivity contribution < 1.29 is 18.3 Å². The number of carbonyl (C=O) groups is 1. The van der Waals surface area contributed by atoms with Crippen LogP contribution in [0.5, 0.6) is 5.75 Å².